The van der Waals surface area contributed by atoms with Gasteiger partial charge in [-0.15, -0.1) is 0 Å². The maximum absolute atomic E-state index is 12.1. The van der Waals surface area contributed by atoms with E-state index in [1.807, 2.05) is 50.2 Å². The molecular weight excluding hydrogens is 316 g/mol. The number of pyridine rings is 1. The first-order valence-electron chi connectivity index (χ1n) is 8.23. The third kappa shape index (κ3) is 3.71. The summed E-state index contributed by atoms with van der Waals surface area (Å²) in [5, 5.41) is 2.84. The number of furan rings is 1. The van der Waals surface area contributed by atoms with Crippen LogP contribution in [0.3, 0.4) is 0 Å². The summed E-state index contributed by atoms with van der Waals surface area (Å²) in [5.41, 5.74) is 2.88. The van der Waals surface area contributed by atoms with E-state index in [1.165, 1.54) is 0 Å². The molecule has 0 unspecified atom stereocenters. The fraction of sp³-hybridized carbons (Fsp3) is 0.200. The molecule has 0 saturated carbocycles. The number of carbonyl (C=O) groups excluding carboxylic acids is 1. The Bertz CT molecular complexity index is 939. The number of hydrogen-bond donors (Lipinski definition) is 2. The highest BCUT2D eigenvalue weighted by Crippen LogP contribution is 2.24. The van der Waals surface area contributed by atoms with E-state index >= 15 is 0 Å². The van der Waals surface area contributed by atoms with Crippen LogP contribution in [0.5, 0.6) is 0 Å². The summed E-state index contributed by atoms with van der Waals surface area (Å²) in [6, 6.07) is 14.6. The van der Waals surface area contributed by atoms with Crippen molar-refractivity contribution in [3.8, 4) is 11.3 Å². The van der Waals surface area contributed by atoms with Gasteiger partial charge in [0.25, 0.3) is 11.5 Å². The number of H-pyrrole nitrogens is 1. The summed E-state index contributed by atoms with van der Waals surface area (Å²) in [6.07, 6.45) is 0.656. The molecule has 0 radical (unpaired) electrons. The van der Waals surface area contributed by atoms with Crippen LogP contribution in [0.25, 0.3) is 11.3 Å². The van der Waals surface area contributed by atoms with E-state index in [9.17, 15) is 9.59 Å². The lowest BCUT2D eigenvalue weighted by molar-refractivity contribution is 0.0948. The number of amides is 1. The molecule has 3 rings (SSSR count). The fourth-order valence-electron chi connectivity index (χ4n) is 2.66. The van der Waals surface area contributed by atoms with Gasteiger partial charge in [-0.1, -0.05) is 25.1 Å². The monoisotopic (exact) mass is 336 g/mol. The van der Waals surface area contributed by atoms with Gasteiger partial charge in [-0.3, -0.25) is 9.59 Å². The van der Waals surface area contributed by atoms with E-state index in [1.54, 1.807) is 12.1 Å². The first-order valence-corrected chi connectivity index (χ1v) is 8.23. The Hall–Kier alpha value is -3.08. The molecule has 0 atom stereocenters. The molecule has 1 aromatic carbocycles. The summed E-state index contributed by atoms with van der Waals surface area (Å²) in [6.45, 7) is 4.09. The maximum Gasteiger partial charge on any atom is 0.251 e. The summed E-state index contributed by atoms with van der Waals surface area (Å²) in [5.74, 6) is 1.18. The Labute approximate surface area is 145 Å². The predicted octanol–water partition coefficient (Wildman–Crippen LogP) is 3.44. The highest BCUT2D eigenvalue weighted by Gasteiger charge is 2.12. The Morgan fingerprint density at radius 3 is 2.64 bits per heavy atom. The van der Waals surface area contributed by atoms with Gasteiger partial charge < -0.3 is 14.7 Å². The van der Waals surface area contributed by atoms with E-state index in [2.05, 4.69) is 10.3 Å². The van der Waals surface area contributed by atoms with E-state index in [-0.39, 0.29) is 11.5 Å². The lowest BCUT2D eigenvalue weighted by Gasteiger charge is -2.06. The summed E-state index contributed by atoms with van der Waals surface area (Å²) in [4.78, 5) is 26.8. The van der Waals surface area contributed by atoms with E-state index < -0.39 is 0 Å². The van der Waals surface area contributed by atoms with E-state index in [4.69, 9.17) is 4.42 Å². The number of aromatic amines is 1. The standard InChI is InChI=1S/C20H20N2O3/c1-3-14-11-17(13(2)22-20(14)24)18-10-9-16(25-18)12-21-19(23)15-7-5-4-6-8-15/h4-11H,3,12H2,1-2H3,(H,21,23)(H,22,24). The van der Waals surface area contributed by atoms with Gasteiger partial charge >= 0.3 is 0 Å². The van der Waals surface area contributed by atoms with Gasteiger partial charge in [0.15, 0.2) is 0 Å². The van der Waals surface area contributed by atoms with Crippen LogP contribution in [0, 0.1) is 6.92 Å². The molecular formula is C20H20N2O3. The lowest BCUT2D eigenvalue weighted by atomic mass is 10.1. The lowest BCUT2D eigenvalue weighted by Crippen LogP contribution is -2.22. The van der Waals surface area contributed by atoms with E-state index in [0.29, 0.717) is 30.0 Å². The van der Waals surface area contributed by atoms with Crippen molar-refractivity contribution in [1.29, 1.82) is 0 Å². The Morgan fingerprint density at radius 2 is 1.92 bits per heavy atom. The van der Waals surface area contributed by atoms with Crippen molar-refractivity contribution in [2.75, 3.05) is 0 Å². The molecule has 2 heterocycles. The molecule has 2 aromatic heterocycles. The van der Waals surface area contributed by atoms with Gasteiger partial charge in [0.2, 0.25) is 0 Å². The quantitative estimate of drug-likeness (QED) is 0.749. The van der Waals surface area contributed by atoms with Crippen LogP contribution in [0.1, 0.15) is 34.3 Å². The molecule has 0 fully saturated rings. The SMILES string of the molecule is CCc1cc(-c2ccc(CNC(=O)c3ccccc3)o2)c(C)[nH]c1=O. The van der Waals surface area contributed by atoms with Crippen molar-refractivity contribution in [3.63, 3.8) is 0 Å². The van der Waals surface area contributed by atoms with Crippen LogP contribution in [-0.4, -0.2) is 10.9 Å². The van der Waals surface area contributed by atoms with Crippen LogP contribution >= 0.6 is 0 Å². The second kappa shape index (κ2) is 7.21. The zero-order chi connectivity index (χ0) is 17.8. The van der Waals surface area contributed by atoms with Crippen molar-refractivity contribution < 1.29 is 9.21 Å². The topological polar surface area (TPSA) is 75.1 Å². The third-order valence-corrected chi connectivity index (χ3v) is 4.08. The highest BCUT2D eigenvalue weighted by molar-refractivity contribution is 5.94. The number of benzene rings is 1. The van der Waals surface area contributed by atoms with Crippen LogP contribution in [-0.2, 0) is 13.0 Å². The number of nitrogens with one attached hydrogen (secondary N) is 2. The maximum atomic E-state index is 12.1. The Morgan fingerprint density at radius 1 is 1.16 bits per heavy atom. The minimum absolute atomic E-state index is 0.0642. The number of hydrogen-bond acceptors (Lipinski definition) is 3. The van der Waals surface area contributed by atoms with Gasteiger partial charge in [0, 0.05) is 22.4 Å². The molecule has 5 nitrogen and oxygen atoms in total. The minimum atomic E-state index is -0.146. The molecule has 25 heavy (non-hydrogen) atoms. The predicted molar refractivity (Wildman–Crippen MR) is 96.5 cm³/mol. The Balaban J connectivity index is 1.75. The normalized spacial score (nSPS) is 10.6. The van der Waals surface area contributed by atoms with Crippen LogP contribution in [0.4, 0.5) is 0 Å². The molecule has 0 spiro atoms. The molecule has 2 N–H and O–H groups in total. The van der Waals surface area contributed by atoms with Gasteiger partial charge in [-0.2, -0.15) is 0 Å². The van der Waals surface area contributed by atoms with Crippen molar-refractivity contribution in [2.24, 2.45) is 0 Å². The molecule has 0 saturated heterocycles. The molecule has 0 bridgehead atoms. The average molecular weight is 336 g/mol. The van der Waals surface area contributed by atoms with Crippen molar-refractivity contribution >= 4 is 5.91 Å². The number of aryl methyl sites for hydroxylation is 2. The zero-order valence-electron chi connectivity index (χ0n) is 14.3. The van der Waals surface area contributed by atoms with Crippen LogP contribution < -0.4 is 10.9 Å². The fourth-order valence-corrected chi connectivity index (χ4v) is 2.66. The van der Waals surface area contributed by atoms with Crippen molar-refractivity contribution in [1.82, 2.24) is 10.3 Å². The van der Waals surface area contributed by atoms with Crippen molar-refractivity contribution in [2.45, 2.75) is 26.8 Å². The van der Waals surface area contributed by atoms with Crippen LogP contribution in [0.15, 0.2) is 57.7 Å². The first kappa shape index (κ1) is 16.8. The van der Waals surface area contributed by atoms with Gasteiger partial charge in [-0.05, 0) is 43.7 Å². The van der Waals surface area contributed by atoms with Gasteiger partial charge in [0.1, 0.15) is 11.5 Å². The minimum Gasteiger partial charge on any atom is -0.459 e. The Kier molecular flexibility index (Phi) is 4.84. The summed E-state index contributed by atoms with van der Waals surface area (Å²) in [7, 11) is 0. The molecule has 5 heteroatoms. The summed E-state index contributed by atoms with van der Waals surface area (Å²) >= 11 is 0. The second-order valence-corrected chi connectivity index (χ2v) is 5.83. The van der Waals surface area contributed by atoms with Crippen LogP contribution in [0.2, 0.25) is 0 Å². The molecule has 0 aliphatic rings. The molecule has 0 aliphatic carbocycles. The average Bonchev–Trinajstić information content (AvgIpc) is 3.09. The molecule has 128 valence electrons. The first-order chi connectivity index (χ1) is 12.1. The van der Waals surface area contributed by atoms with Gasteiger partial charge in [-0.25, -0.2) is 0 Å². The highest BCUT2D eigenvalue weighted by atomic mass is 16.3. The van der Waals surface area contributed by atoms with Gasteiger partial charge in [0.05, 0.1) is 6.54 Å². The smallest absolute Gasteiger partial charge is 0.251 e. The number of carbonyl (C=O) groups is 1. The third-order valence-electron chi connectivity index (χ3n) is 4.08. The second-order valence-electron chi connectivity index (χ2n) is 5.83. The molecule has 3 aromatic rings. The zero-order valence-corrected chi connectivity index (χ0v) is 14.3. The van der Waals surface area contributed by atoms with Crippen molar-refractivity contribution in [3.05, 3.63) is 81.5 Å². The van der Waals surface area contributed by atoms with E-state index in [0.717, 1.165) is 16.8 Å². The number of rotatable bonds is 5. The number of aromatic nitrogens is 1. The largest absolute Gasteiger partial charge is 0.459 e. The molecule has 0 aliphatic heterocycles. The summed E-state index contributed by atoms with van der Waals surface area (Å²) < 4.78 is 5.84. The molecule has 1 amide bonds.